The van der Waals surface area contributed by atoms with Crippen molar-refractivity contribution >= 4 is 56.6 Å². The van der Waals surface area contributed by atoms with Crippen molar-refractivity contribution in [1.29, 1.82) is 0 Å². The summed E-state index contributed by atoms with van der Waals surface area (Å²) in [5.74, 6) is -0.401. The summed E-state index contributed by atoms with van der Waals surface area (Å²) in [5, 5.41) is 5.94. The highest BCUT2D eigenvalue weighted by Crippen LogP contribution is 2.34. The Kier molecular flexibility index (Phi) is 6.21. The lowest BCUT2D eigenvalue weighted by Crippen LogP contribution is -2.32. The molecule has 3 aromatic rings. The number of anilines is 1. The molecule has 0 spiro atoms. The Morgan fingerprint density at radius 1 is 1.00 bits per heavy atom. The summed E-state index contributed by atoms with van der Waals surface area (Å²) in [6, 6.07) is 15.4. The standard InChI is InChI=1S/C19H13BrCl2N2O3/c20-12-5-1-2-7-14(12)24-17(25)10-23-19(26)16-9-8-15(27-16)11-4-3-6-13(21)18(11)22/h1-9H,10H2,(H,23,26)(H,24,25). The van der Waals surface area contributed by atoms with E-state index in [1.807, 2.05) is 6.07 Å². The summed E-state index contributed by atoms with van der Waals surface area (Å²) >= 11 is 15.5. The summed E-state index contributed by atoms with van der Waals surface area (Å²) in [4.78, 5) is 24.2. The SMILES string of the molecule is O=C(CNC(=O)c1ccc(-c2cccc(Cl)c2Cl)o1)Nc1ccccc1Br. The van der Waals surface area contributed by atoms with Crippen LogP contribution in [0, 0.1) is 0 Å². The molecule has 27 heavy (non-hydrogen) atoms. The number of amides is 2. The highest BCUT2D eigenvalue weighted by Gasteiger charge is 2.16. The number of hydrogen-bond acceptors (Lipinski definition) is 3. The van der Waals surface area contributed by atoms with Crippen molar-refractivity contribution in [2.75, 3.05) is 11.9 Å². The van der Waals surface area contributed by atoms with Crippen LogP contribution >= 0.6 is 39.1 Å². The third-order valence-corrected chi connectivity index (χ3v) is 5.11. The van der Waals surface area contributed by atoms with Crippen LogP contribution < -0.4 is 10.6 Å². The van der Waals surface area contributed by atoms with Crippen LogP contribution in [-0.4, -0.2) is 18.4 Å². The first-order chi connectivity index (χ1) is 13.0. The average molecular weight is 468 g/mol. The molecule has 1 heterocycles. The number of halogens is 3. The molecule has 0 saturated carbocycles. The predicted octanol–water partition coefficient (Wildman–Crippen LogP) is 5.38. The smallest absolute Gasteiger partial charge is 0.287 e. The fraction of sp³-hybridized carbons (Fsp3) is 0.0526. The van der Waals surface area contributed by atoms with Gasteiger partial charge in [0, 0.05) is 10.0 Å². The summed E-state index contributed by atoms with van der Waals surface area (Å²) in [5.41, 5.74) is 1.20. The molecule has 1 aromatic heterocycles. The maximum absolute atomic E-state index is 12.2. The second kappa shape index (κ2) is 8.61. The van der Waals surface area contributed by atoms with Crippen LogP contribution in [0.3, 0.4) is 0 Å². The molecule has 3 rings (SSSR count). The Morgan fingerprint density at radius 3 is 2.56 bits per heavy atom. The number of carbonyl (C=O) groups is 2. The Bertz CT molecular complexity index is 1000. The minimum absolute atomic E-state index is 0.0646. The molecule has 0 fully saturated rings. The Morgan fingerprint density at radius 2 is 1.78 bits per heavy atom. The minimum atomic E-state index is -0.512. The van der Waals surface area contributed by atoms with Crippen molar-refractivity contribution in [3.05, 3.63) is 74.9 Å². The van der Waals surface area contributed by atoms with Gasteiger partial charge in [-0.15, -0.1) is 0 Å². The zero-order valence-electron chi connectivity index (χ0n) is 13.8. The van der Waals surface area contributed by atoms with Crippen molar-refractivity contribution < 1.29 is 14.0 Å². The van der Waals surface area contributed by atoms with Gasteiger partial charge in [0.05, 0.1) is 22.3 Å². The first-order valence-electron chi connectivity index (χ1n) is 7.82. The van der Waals surface area contributed by atoms with E-state index < -0.39 is 5.91 Å². The molecule has 2 N–H and O–H groups in total. The second-order valence-electron chi connectivity index (χ2n) is 5.48. The predicted molar refractivity (Wildman–Crippen MR) is 109 cm³/mol. The number of nitrogens with one attached hydrogen (secondary N) is 2. The van der Waals surface area contributed by atoms with E-state index in [1.54, 1.807) is 42.5 Å². The van der Waals surface area contributed by atoms with Crippen molar-refractivity contribution in [1.82, 2.24) is 5.32 Å². The van der Waals surface area contributed by atoms with Gasteiger partial charge in [0.25, 0.3) is 5.91 Å². The Balaban J connectivity index is 1.62. The van der Waals surface area contributed by atoms with E-state index in [-0.39, 0.29) is 18.2 Å². The zero-order valence-corrected chi connectivity index (χ0v) is 16.9. The van der Waals surface area contributed by atoms with Crippen LogP contribution in [0.15, 0.2) is 63.5 Å². The lowest BCUT2D eigenvalue weighted by molar-refractivity contribution is -0.115. The van der Waals surface area contributed by atoms with E-state index in [2.05, 4.69) is 26.6 Å². The molecule has 2 amide bonds. The van der Waals surface area contributed by atoms with Crippen LogP contribution in [0.1, 0.15) is 10.6 Å². The van der Waals surface area contributed by atoms with Crippen LogP contribution in [0.4, 0.5) is 5.69 Å². The van der Waals surface area contributed by atoms with Crippen LogP contribution in [0.25, 0.3) is 11.3 Å². The van der Waals surface area contributed by atoms with Gasteiger partial charge in [-0.1, -0.05) is 41.4 Å². The van der Waals surface area contributed by atoms with Crippen molar-refractivity contribution in [2.24, 2.45) is 0 Å². The molecule has 5 nitrogen and oxygen atoms in total. The van der Waals surface area contributed by atoms with E-state index in [0.717, 1.165) is 4.47 Å². The number of hydrogen-bond donors (Lipinski definition) is 2. The lowest BCUT2D eigenvalue weighted by Gasteiger charge is -2.07. The number of benzene rings is 2. The summed E-state index contributed by atoms with van der Waals surface area (Å²) in [6.45, 7) is -0.200. The minimum Gasteiger partial charge on any atom is -0.451 e. The third-order valence-electron chi connectivity index (χ3n) is 3.60. The molecule has 0 radical (unpaired) electrons. The molecule has 8 heteroatoms. The first kappa shape index (κ1) is 19.5. The number of para-hydroxylation sites is 1. The number of rotatable bonds is 5. The molecule has 0 aliphatic rings. The summed E-state index contributed by atoms with van der Waals surface area (Å²) < 4.78 is 6.29. The fourth-order valence-electron chi connectivity index (χ4n) is 2.30. The van der Waals surface area contributed by atoms with Crippen LogP contribution in [0.2, 0.25) is 10.0 Å². The van der Waals surface area contributed by atoms with Crippen molar-refractivity contribution in [2.45, 2.75) is 0 Å². The van der Waals surface area contributed by atoms with Gasteiger partial charge in [-0.2, -0.15) is 0 Å². The highest BCUT2D eigenvalue weighted by atomic mass is 79.9. The molecule has 0 aliphatic heterocycles. The quantitative estimate of drug-likeness (QED) is 0.528. The topological polar surface area (TPSA) is 71.3 Å². The van der Waals surface area contributed by atoms with Gasteiger partial charge in [-0.3, -0.25) is 9.59 Å². The largest absolute Gasteiger partial charge is 0.451 e. The molecule has 2 aromatic carbocycles. The molecule has 0 bridgehead atoms. The van der Waals surface area contributed by atoms with Crippen LogP contribution in [0.5, 0.6) is 0 Å². The van der Waals surface area contributed by atoms with Gasteiger partial charge in [0.2, 0.25) is 5.91 Å². The molecule has 0 saturated heterocycles. The fourth-order valence-corrected chi connectivity index (χ4v) is 3.08. The van der Waals surface area contributed by atoms with Gasteiger partial charge in [0.15, 0.2) is 5.76 Å². The molecule has 0 unspecified atom stereocenters. The third kappa shape index (κ3) is 4.71. The normalized spacial score (nSPS) is 10.5. The van der Waals surface area contributed by atoms with E-state index >= 15 is 0 Å². The zero-order chi connectivity index (χ0) is 19.4. The monoisotopic (exact) mass is 466 g/mol. The number of furan rings is 1. The molecule has 0 atom stereocenters. The van der Waals surface area contributed by atoms with Gasteiger partial charge in [-0.25, -0.2) is 0 Å². The van der Waals surface area contributed by atoms with Crippen molar-refractivity contribution in [3.63, 3.8) is 0 Å². The number of carbonyl (C=O) groups excluding carboxylic acids is 2. The Labute approximate surface area is 173 Å². The summed E-state index contributed by atoms with van der Waals surface area (Å²) in [7, 11) is 0. The van der Waals surface area contributed by atoms with Crippen LogP contribution in [-0.2, 0) is 4.79 Å². The molecule has 0 aliphatic carbocycles. The molecule has 138 valence electrons. The van der Waals surface area contributed by atoms with E-state index in [0.29, 0.717) is 27.1 Å². The van der Waals surface area contributed by atoms with Gasteiger partial charge in [-0.05, 0) is 52.3 Å². The Hall–Kier alpha value is -2.28. The molecular weight excluding hydrogens is 455 g/mol. The van der Waals surface area contributed by atoms with E-state index in [4.69, 9.17) is 27.6 Å². The van der Waals surface area contributed by atoms with Crippen molar-refractivity contribution in [3.8, 4) is 11.3 Å². The summed E-state index contributed by atoms with van der Waals surface area (Å²) in [6.07, 6.45) is 0. The average Bonchev–Trinajstić information content (AvgIpc) is 3.14. The van der Waals surface area contributed by atoms with Gasteiger partial charge >= 0.3 is 0 Å². The molecular formula is C19H13BrCl2N2O3. The lowest BCUT2D eigenvalue weighted by atomic mass is 10.2. The second-order valence-corrected chi connectivity index (χ2v) is 7.12. The van der Waals surface area contributed by atoms with E-state index in [1.165, 1.54) is 6.07 Å². The van der Waals surface area contributed by atoms with Gasteiger partial charge in [0.1, 0.15) is 5.76 Å². The van der Waals surface area contributed by atoms with E-state index in [9.17, 15) is 9.59 Å². The maximum Gasteiger partial charge on any atom is 0.287 e. The first-order valence-corrected chi connectivity index (χ1v) is 9.37. The van der Waals surface area contributed by atoms with Gasteiger partial charge < -0.3 is 15.1 Å². The highest BCUT2D eigenvalue weighted by molar-refractivity contribution is 9.10. The maximum atomic E-state index is 12.2.